The van der Waals surface area contributed by atoms with E-state index in [0.29, 0.717) is 28.2 Å². The van der Waals surface area contributed by atoms with Crippen molar-refractivity contribution in [2.45, 2.75) is 37.7 Å². The van der Waals surface area contributed by atoms with Gasteiger partial charge in [0.25, 0.3) is 5.22 Å². The number of thiazole rings is 1. The molecule has 1 aromatic carbocycles. The Balaban J connectivity index is 1.60. The van der Waals surface area contributed by atoms with Crippen molar-refractivity contribution in [3.05, 3.63) is 50.8 Å². The van der Waals surface area contributed by atoms with Crippen molar-refractivity contribution in [3.63, 3.8) is 0 Å². The number of amides is 1. The summed E-state index contributed by atoms with van der Waals surface area (Å²) in [6.07, 6.45) is 0.486. The molecule has 2 aromatic heterocycles. The Labute approximate surface area is 164 Å². The predicted molar refractivity (Wildman–Crippen MR) is 104 cm³/mol. The molecule has 0 spiro atoms. The second-order valence-electron chi connectivity index (χ2n) is 5.66. The van der Waals surface area contributed by atoms with Gasteiger partial charge in [0.15, 0.2) is 0 Å². The van der Waals surface area contributed by atoms with Crippen LogP contribution in [0.1, 0.15) is 29.1 Å². The average Bonchev–Trinajstić information content (AvgIpc) is 3.21. The van der Waals surface area contributed by atoms with Crippen molar-refractivity contribution in [1.29, 1.82) is 0 Å². The number of nitrogens with zero attached hydrogens (tertiary/aromatic N) is 3. The number of hydrogen-bond acceptors (Lipinski definition) is 7. The van der Waals surface area contributed by atoms with Crippen LogP contribution in [0.15, 0.2) is 33.2 Å². The summed E-state index contributed by atoms with van der Waals surface area (Å²) in [5, 5.41) is 14.4. The van der Waals surface area contributed by atoms with Gasteiger partial charge in [0.2, 0.25) is 11.8 Å². The van der Waals surface area contributed by atoms with E-state index in [4.69, 9.17) is 16.0 Å². The highest BCUT2D eigenvalue weighted by Gasteiger charge is 2.19. The zero-order chi connectivity index (χ0) is 18.7. The van der Waals surface area contributed by atoms with Crippen LogP contribution in [0, 0.1) is 13.8 Å². The standard InChI is InChI=1S/C17H17ClN4O2S2/c1-9-13(18)5-4-6-14(9)20-16(23)10(2)26-17-22-21-15(24-17)7-12-8-25-11(3)19-12/h4-6,8,10H,7H2,1-3H3,(H,20,23)/t10-/m1/s1. The summed E-state index contributed by atoms with van der Waals surface area (Å²) in [7, 11) is 0. The third-order valence-corrected chi connectivity index (χ3v) is 5.79. The van der Waals surface area contributed by atoms with E-state index in [2.05, 4.69) is 20.5 Å². The Kier molecular flexibility index (Phi) is 5.95. The van der Waals surface area contributed by atoms with Crippen LogP contribution >= 0.6 is 34.7 Å². The number of aromatic nitrogens is 3. The fourth-order valence-electron chi connectivity index (χ4n) is 2.18. The zero-order valence-electron chi connectivity index (χ0n) is 14.4. The van der Waals surface area contributed by atoms with Gasteiger partial charge in [-0.2, -0.15) is 0 Å². The summed E-state index contributed by atoms with van der Waals surface area (Å²) < 4.78 is 5.61. The lowest BCUT2D eigenvalue weighted by atomic mass is 10.2. The Morgan fingerprint density at radius 3 is 2.92 bits per heavy atom. The SMILES string of the molecule is Cc1nc(Cc2nnc(S[C@H](C)C(=O)Nc3cccc(Cl)c3C)o2)cs1. The smallest absolute Gasteiger partial charge is 0.277 e. The van der Waals surface area contributed by atoms with Gasteiger partial charge >= 0.3 is 0 Å². The van der Waals surface area contributed by atoms with E-state index in [1.165, 1.54) is 11.8 Å². The third kappa shape index (κ3) is 4.63. The quantitative estimate of drug-likeness (QED) is 0.604. The number of anilines is 1. The molecule has 0 radical (unpaired) electrons. The largest absolute Gasteiger partial charge is 0.416 e. The van der Waals surface area contributed by atoms with Crippen LogP contribution in [-0.4, -0.2) is 26.3 Å². The van der Waals surface area contributed by atoms with Gasteiger partial charge in [-0.05, 0) is 38.5 Å². The minimum atomic E-state index is -0.400. The highest BCUT2D eigenvalue weighted by Crippen LogP contribution is 2.26. The molecule has 0 aliphatic heterocycles. The number of nitrogens with one attached hydrogen (secondary N) is 1. The van der Waals surface area contributed by atoms with Crippen molar-refractivity contribution in [2.24, 2.45) is 0 Å². The second-order valence-corrected chi connectivity index (χ2v) is 8.42. The first-order chi connectivity index (χ1) is 12.4. The Morgan fingerprint density at radius 1 is 1.38 bits per heavy atom. The number of rotatable bonds is 6. The first-order valence-corrected chi connectivity index (χ1v) is 10.0. The van der Waals surface area contributed by atoms with Crippen LogP contribution < -0.4 is 5.32 Å². The Bertz CT molecular complexity index is 925. The molecule has 3 aromatic rings. The van der Waals surface area contributed by atoms with E-state index >= 15 is 0 Å². The summed E-state index contributed by atoms with van der Waals surface area (Å²) in [6, 6.07) is 5.40. The van der Waals surface area contributed by atoms with E-state index in [1.807, 2.05) is 25.3 Å². The van der Waals surface area contributed by atoms with Gasteiger partial charge in [0.05, 0.1) is 22.4 Å². The van der Waals surface area contributed by atoms with Crippen molar-refractivity contribution >= 4 is 46.3 Å². The summed E-state index contributed by atoms with van der Waals surface area (Å²) >= 11 is 8.88. The molecule has 136 valence electrons. The molecule has 0 bridgehead atoms. The van der Waals surface area contributed by atoms with Crippen molar-refractivity contribution in [2.75, 3.05) is 5.32 Å². The van der Waals surface area contributed by atoms with Crippen molar-refractivity contribution in [1.82, 2.24) is 15.2 Å². The maximum atomic E-state index is 12.4. The maximum absolute atomic E-state index is 12.4. The molecule has 26 heavy (non-hydrogen) atoms. The number of carbonyl (C=O) groups is 1. The van der Waals surface area contributed by atoms with Crippen LogP contribution in [0.5, 0.6) is 0 Å². The van der Waals surface area contributed by atoms with E-state index in [-0.39, 0.29) is 5.91 Å². The molecule has 0 unspecified atom stereocenters. The molecule has 1 amide bonds. The van der Waals surface area contributed by atoms with Gasteiger partial charge in [-0.15, -0.1) is 21.5 Å². The van der Waals surface area contributed by atoms with Gasteiger partial charge in [-0.25, -0.2) is 4.98 Å². The average molecular weight is 409 g/mol. The molecule has 2 heterocycles. The Hall–Kier alpha value is -1.90. The lowest BCUT2D eigenvalue weighted by Crippen LogP contribution is -2.22. The molecule has 1 atom stereocenters. The summed E-state index contributed by atoms with van der Waals surface area (Å²) in [6.45, 7) is 5.60. The lowest BCUT2D eigenvalue weighted by molar-refractivity contribution is -0.115. The topological polar surface area (TPSA) is 80.9 Å². The van der Waals surface area contributed by atoms with Crippen molar-refractivity contribution in [3.8, 4) is 0 Å². The van der Waals surface area contributed by atoms with Gasteiger partial charge in [0, 0.05) is 16.1 Å². The first kappa shape index (κ1) is 18.9. The highest BCUT2D eigenvalue weighted by molar-refractivity contribution is 8.00. The monoisotopic (exact) mass is 408 g/mol. The van der Waals surface area contributed by atoms with E-state index in [0.717, 1.165) is 16.3 Å². The number of hydrogen-bond donors (Lipinski definition) is 1. The van der Waals surface area contributed by atoms with E-state index in [1.54, 1.807) is 30.4 Å². The van der Waals surface area contributed by atoms with Crippen LogP contribution in [0.25, 0.3) is 0 Å². The fourth-order valence-corrected chi connectivity index (χ4v) is 3.67. The summed E-state index contributed by atoms with van der Waals surface area (Å²) in [5.41, 5.74) is 2.42. The molecular weight excluding hydrogens is 392 g/mol. The molecule has 0 saturated carbocycles. The molecule has 0 aliphatic carbocycles. The second kappa shape index (κ2) is 8.20. The number of aryl methyl sites for hydroxylation is 1. The number of halogens is 1. The molecule has 0 saturated heterocycles. The maximum Gasteiger partial charge on any atom is 0.277 e. The molecule has 1 N–H and O–H groups in total. The minimum absolute atomic E-state index is 0.157. The lowest BCUT2D eigenvalue weighted by Gasteiger charge is -2.12. The zero-order valence-corrected chi connectivity index (χ0v) is 16.8. The molecular formula is C17H17ClN4O2S2. The third-order valence-electron chi connectivity index (χ3n) is 3.62. The van der Waals surface area contributed by atoms with Gasteiger partial charge in [0.1, 0.15) is 0 Å². The predicted octanol–water partition coefficient (Wildman–Crippen LogP) is 4.51. The normalized spacial score (nSPS) is 12.2. The first-order valence-electron chi connectivity index (χ1n) is 7.88. The number of carbonyl (C=O) groups excluding carboxylic acids is 1. The molecule has 6 nitrogen and oxygen atoms in total. The van der Waals surface area contributed by atoms with Gasteiger partial charge in [-0.1, -0.05) is 29.4 Å². The van der Waals surface area contributed by atoms with E-state index in [9.17, 15) is 4.79 Å². The fraction of sp³-hybridized carbons (Fsp3) is 0.294. The molecule has 0 fully saturated rings. The minimum Gasteiger partial charge on any atom is -0.416 e. The molecule has 0 aliphatic rings. The van der Waals surface area contributed by atoms with Crippen molar-refractivity contribution < 1.29 is 9.21 Å². The highest BCUT2D eigenvalue weighted by atomic mass is 35.5. The van der Waals surface area contributed by atoms with Crippen LogP contribution in [0.4, 0.5) is 5.69 Å². The Morgan fingerprint density at radius 2 is 2.19 bits per heavy atom. The van der Waals surface area contributed by atoms with Crippen LogP contribution in [0.2, 0.25) is 5.02 Å². The van der Waals surface area contributed by atoms with Gasteiger partial charge < -0.3 is 9.73 Å². The van der Waals surface area contributed by atoms with Crippen LogP contribution in [-0.2, 0) is 11.2 Å². The molecule has 3 rings (SSSR count). The van der Waals surface area contributed by atoms with E-state index < -0.39 is 5.25 Å². The molecule has 9 heteroatoms. The van der Waals surface area contributed by atoms with Gasteiger partial charge in [-0.3, -0.25) is 4.79 Å². The van der Waals surface area contributed by atoms with Crippen LogP contribution in [0.3, 0.4) is 0 Å². The summed E-state index contributed by atoms with van der Waals surface area (Å²) in [5.74, 6) is 0.325. The number of thioether (sulfide) groups is 1. The number of benzene rings is 1. The summed E-state index contributed by atoms with van der Waals surface area (Å²) in [4.78, 5) is 16.8.